The Morgan fingerprint density at radius 2 is 1.86 bits per heavy atom. The predicted octanol–water partition coefficient (Wildman–Crippen LogP) is 3.73. The SMILES string of the molecule is Cc1ccccc1C(=O)N[C@@H](Cc1cccnc1)C(=O)N1CCC[C@H]1C(=O)NCCc1ccccc1Cl. The van der Waals surface area contributed by atoms with Gasteiger partial charge in [-0.1, -0.05) is 54.1 Å². The van der Waals surface area contributed by atoms with E-state index in [4.69, 9.17) is 11.6 Å². The zero-order valence-corrected chi connectivity index (χ0v) is 21.6. The fourth-order valence-corrected chi connectivity index (χ4v) is 4.89. The summed E-state index contributed by atoms with van der Waals surface area (Å²) in [4.78, 5) is 45.7. The van der Waals surface area contributed by atoms with Crippen molar-refractivity contribution in [2.24, 2.45) is 0 Å². The van der Waals surface area contributed by atoms with Gasteiger partial charge >= 0.3 is 0 Å². The van der Waals surface area contributed by atoms with Gasteiger partial charge in [-0.05, 0) is 61.1 Å². The maximum Gasteiger partial charge on any atom is 0.252 e. The number of carbonyl (C=O) groups is 3. The normalized spacial score (nSPS) is 15.7. The van der Waals surface area contributed by atoms with Gasteiger partial charge in [-0.15, -0.1) is 0 Å². The molecule has 0 radical (unpaired) electrons. The lowest BCUT2D eigenvalue weighted by molar-refractivity contribution is -0.139. The van der Waals surface area contributed by atoms with Gasteiger partial charge in [-0.3, -0.25) is 19.4 Å². The molecule has 0 bridgehead atoms. The predicted molar refractivity (Wildman–Crippen MR) is 143 cm³/mol. The molecule has 1 fully saturated rings. The number of nitrogens with zero attached hydrogens (tertiary/aromatic N) is 2. The zero-order valence-electron chi connectivity index (χ0n) is 20.8. The van der Waals surface area contributed by atoms with Crippen LogP contribution in [-0.2, 0) is 22.4 Å². The summed E-state index contributed by atoms with van der Waals surface area (Å²) in [5.41, 5.74) is 3.12. The largest absolute Gasteiger partial charge is 0.354 e. The van der Waals surface area contributed by atoms with E-state index in [-0.39, 0.29) is 24.1 Å². The summed E-state index contributed by atoms with van der Waals surface area (Å²) < 4.78 is 0. The number of carbonyl (C=O) groups excluding carboxylic acids is 3. The van der Waals surface area contributed by atoms with Crippen molar-refractivity contribution in [1.82, 2.24) is 20.5 Å². The molecule has 3 amide bonds. The molecule has 1 aromatic heterocycles. The molecular formula is C29H31ClN4O3. The van der Waals surface area contributed by atoms with Crippen LogP contribution in [0.15, 0.2) is 73.1 Å². The van der Waals surface area contributed by atoms with E-state index in [2.05, 4.69) is 15.6 Å². The number of amides is 3. The van der Waals surface area contributed by atoms with E-state index < -0.39 is 12.1 Å². The molecule has 7 nitrogen and oxygen atoms in total. The quantitative estimate of drug-likeness (QED) is 0.451. The minimum absolute atomic E-state index is 0.191. The molecule has 0 saturated carbocycles. The van der Waals surface area contributed by atoms with Crippen LogP contribution in [0.1, 0.15) is 39.9 Å². The number of nitrogens with one attached hydrogen (secondary N) is 2. The van der Waals surface area contributed by atoms with Gasteiger partial charge in [-0.2, -0.15) is 0 Å². The first-order valence-electron chi connectivity index (χ1n) is 12.5. The number of aromatic nitrogens is 1. The van der Waals surface area contributed by atoms with Crippen LogP contribution in [0.3, 0.4) is 0 Å². The minimum Gasteiger partial charge on any atom is -0.354 e. The number of hydrogen-bond donors (Lipinski definition) is 2. The smallest absolute Gasteiger partial charge is 0.252 e. The maximum atomic E-state index is 13.7. The van der Waals surface area contributed by atoms with Gasteiger partial charge in [0.15, 0.2) is 0 Å². The molecule has 1 aliphatic heterocycles. The molecule has 4 rings (SSSR count). The number of likely N-dealkylation sites (tertiary alicyclic amines) is 1. The van der Waals surface area contributed by atoms with Gasteiger partial charge in [0.05, 0.1) is 0 Å². The first kappa shape index (κ1) is 26.4. The van der Waals surface area contributed by atoms with Crippen LogP contribution < -0.4 is 10.6 Å². The van der Waals surface area contributed by atoms with E-state index in [1.807, 2.05) is 49.4 Å². The monoisotopic (exact) mass is 518 g/mol. The van der Waals surface area contributed by atoms with Crippen LogP contribution in [0.25, 0.3) is 0 Å². The number of benzene rings is 2. The lowest BCUT2D eigenvalue weighted by Gasteiger charge is -2.29. The van der Waals surface area contributed by atoms with E-state index in [1.165, 1.54) is 0 Å². The third kappa shape index (κ3) is 6.74. The van der Waals surface area contributed by atoms with Crippen molar-refractivity contribution in [3.8, 4) is 0 Å². The second-order valence-electron chi connectivity index (χ2n) is 9.23. The average Bonchev–Trinajstić information content (AvgIpc) is 3.40. The van der Waals surface area contributed by atoms with Crippen molar-refractivity contribution in [3.05, 3.63) is 100 Å². The number of aryl methyl sites for hydroxylation is 1. The second kappa shape index (κ2) is 12.5. The Balaban J connectivity index is 1.46. The lowest BCUT2D eigenvalue weighted by Crippen LogP contribution is -2.54. The Morgan fingerprint density at radius 3 is 2.62 bits per heavy atom. The van der Waals surface area contributed by atoms with Crippen LogP contribution >= 0.6 is 11.6 Å². The van der Waals surface area contributed by atoms with Gasteiger partial charge in [-0.25, -0.2) is 0 Å². The molecule has 0 aliphatic carbocycles. The fourth-order valence-electron chi connectivity index (χ4n) is 4.66. The first-order chi connectivity index (χ1) is 17.9. The van der Waals surface area contributed by atoms with Gasteiger partial charge in [0.2, 0.25) is 11.8 Å². The summed E-state index contributed by atoms with van der Waals surface area (Å²) in [5, 5.41) is 6.55. The Morgan fingerprint density at radius 1 is 1.08 bits per heavy atom. The average molecular weight is 519 g/mol. The number of halogens is 1. The highest BCUT2D eigenvalue weighted by atomic mass is 35.5. The molecule has 3 aromatic rings. The van der Waals surface area contributed by atoms with Crippen molar-refractivity contribution >= 4 is 29.3 Å². The molecule has 1 saturated heterocycles. The summed E-state index contributed by atoms with van der Waals surface area (Å²) >= 11 is 6.22. The van der Waals surface area contributed by atoms with Crippen LogP contribution in [-0.4, -0.2) is 52.8 Å². The molecule has 1 aliphatic rings. The Labute approximate surface area is 222 Å². The number of pyridine rings is 1. The number of hydrogen-bond acceptors (Lipinski definition) is 4. The highest BCUT2D eigenvalue weighted by Crippen LogP contribution is 2.21. The third-order valence-electron chi connectivity index (χ3n) is 6.65. The van der Waals surface area contributed by atoms with E-state index in [0.29, 0.717) is 36.5 Å². The molecule has 0 unspecified atom stereocenters. The lowest BCUT2D eigenvalue weighted by atomic mass is 10.0. The van der Waals surface area contributed by atoms with E-state index in [9.17, 15) is 14.4 Å². The van der Waals surface area contributed by atoms with E-state index in [0.717, 1.165) is 23.1 Å². The van der Waals surface area contributed by atoms with Crippen molar-refractivity contribution in [3.63, 3.8) is 0 Å². The minimum atomic E-state index is -0.826. The summed E-state index contributed by atoms with van der Waals surface area (Å²) in [6.45, 7) is 2.74. The van der Waals surface area contributed by atoms with Gasteiger partial charge < -0.3 is 15.5 Å². The molecule has 8 heteroatoms. The topological polar surface area (TPSA) is 91.4 Å². The highest BCUT2D eigenvalue weighted by molar-refractivity contribution is 6.31. The molecule has 0 spiro atoms. The van der Waals surface area contributed by atoms with Crippen molar-refractivity contribution in [2.75, 3.05) is 13.1 Å². The Bertz CT molecular complexity index is 1250. The van der Waals surface area contributed by atoms with E-state index >= 15 is 0 Å². The summed E-state index contributed by atoms with van der Waals surface area (Å²) in [5.74, 6) is -0.780. The Kier molecular flexibility index (Phi) is 8.90. The highest BCUT2D eigenvalue weighted by Gasteiger charge is 2.37. The maximum absolute atomic E-state index is 13.7. The standard InChI is InChI=1S/C29H31ClN4O3/c1-20-8-2-4-11-23(20)27(35)33-25(18-21-9-6-15-31-19-21)29(37)34-17-7-13-26(34)28(36)32-16-14-22-10-3-5-12-24(22)30/h2-6,8-12,15,19,25-26H,7,13-14,16-18H2,1H3,(H,32,36)(H,33,35)/t25-,26-/m0/s1. The number of rotatable bonds is 9. The summed E-state index contributed by atoms with van der Waals surface area (Å²) in [7, 11) is 0. The second-order valence-corrected chi connectivity index (χ2v) is 9.64. The molecule has 2 aromatic carbocycles. The van der Waals surface area contributed by atoms with Crippen molar-refractivity contribution in [2.45, 2.75) is 44.7 Å². The van der Waals surface area contributed by atoms with Crippen LogP contribution in [0.2, 0.25) is 5.02 Å². The van der Waals surface area contributed by atoms with Crippen LogP contribution in [0.4, 0.5) is 0 Å². The third-order valence-corrected chi connectivity index (χ3v) is 7.01. The molecule has 2 atom stereocenters. The van der Waals surface area contributed by atoms with E-state index in [1.54, 1.807) is 35.5 Å². The summed E-state index contributed by atoms with van der Waals surface area (Å²) in [6, 6.07) is 17.0. The fraction of sp³-hybridized carbons (Fsp3) is 0.310. The summed E-state index contributed by atoms with van der Waals surface area (Å²) in [6.07, 6.45) is 5.53. The van der Waals surface area contributed by atoms with Crippen LogP contribution in [0, 0.1) is 6.92 Å². The van der Waals surface area contributed by atoms with Gasteiger partial charge in [0.25, 0.3) is 5.91 Å². The first-order valence-corrected chi connectivity index (χ1v) is 12.9. The van der Waals surface area contributed by atoms with Gasteiger partial charge in [0.1, 0.15) is 12.1 Å². The molecule has 2 N–H and O–H groups in total. The molecule has 2 heterocycles. The molecular weight excluding hydrogens is 488 g/mol. The van der Waals surface area contributed by atoms with Crippen molar-refractivity contribution in [1.29, 1.82) is 0 Å². The Hall–Kier alpha value is -3.71. The molecule has 192 valence electrons. The van der Waals surface area contributed by atoms with Crippen LogP contribution in [0.5, 0.6) is 0 Å². The van der Waals surface area contributed by atoms with Crippen molar-refractivity contribution < 1.29 is 14.4 Å². The zero-order chi connectivity index (χ0) is 26.2. The van der Waals surface area contributed by atoms with Gasteiger partial charge in [0, 0.05) is 42.5 Å². The molecule has 37 heavy (non-hydrogen) atoms.